The molecule has 2 amide bonds. The molecule has 0 aliphatic carbocycles. The first kappa shape index (κ1) is 17.8. The van der Waals surface area contributed by atoms with Gasteiger partial charge < -0.3 is 10.2 Å². The van der Waals surface area contributed by atoms with Gasteiger partial charge in [0, 0.05) is 31.6 Å². The Hall–Kier alpha value is -2.02. The summed E-state index contributed by atoms with van der Waals surface area (Å²) in [6, 6.07) is 6.22. The number of hydrogen-bond donors (Lipinski definition) is 2. The minimum absolute atomic E-state index is 0.0349. The van der Waals surface area contributed by atoms with Crippen LogP contribution < -0.4 is 10.6 Å². The van der Waals surface area contributed by atoms with E-state index in [1.165, 1.54) is 6.42 Å². The van der Waals surface area contributed by atoms with Crippen molar-refractivity contribution in [2.75, 3.05) is 19.6 Å². The quantitative estimate of drug-likeness (QED) is 0.871. The Balaban J connectivity index is 1.51. The van der Waals surface area contributed by atoms with Crippen LogP contribution in [0.25, 0.3) is 0 Å². The largest absolute Gasteiger partial charge is 0.351 e. The molecule has 0 spiro atoms. The molecule has 2 saturated heterocycles. The summed E-state index contributed by atoms with van der Waals surface area (Å²) in [6.07, 6.45) is 2.79. The van der Waals surface area contributed by atoms with E-state index in [-0.39, 0.29) is 12.5 Å². The molecule has 0 aromatic heterocycles. The van der Waals surface area contributed by atoms with Gasteiger partial charge in [0.15, 0.2) is 0 Å². The van der Waals surface area contributed by atoms with Crippen LogP contribution >= 0.6 is 0 Å². The van der Waals surface area contributed by atoms with Crippen LogP contribution in [0.3, 0.4) is 0 Å². The molecule has 0 bridgehead atoms. The SMILES string of the molecule is O=C(NCc1ccc(C(=O)N2CCCCC2)cc1)C1CC(F)(F)CN1. The summed E-state index contributed by atoms with van der Waals surface area (Å²) < 4.78 is 26.2. The van der Waals surface area contributed by atoms with E-state index in [1.807, 2.05) is 4.90 Å². The molecule has 1 atom stereocenters. The second-order valence-electron chi connectivity index (χ2n) is 6.76. The average Bonchev–Trinajstić information content (AvgIpc) is 3.00. The molecular weight excluding hydrogens is 328 g/mol. The summed E-state index contributed by atoms with van der Waals surface area (Å²) in [5.74, 6) is -3.21. The minimum atomic E-state index is -2.82. The van der Waals surface area contributed by atoms with Crippen molar-refractivity contribution in [3.05, 3.63) is 35.4 Å². The molecular formula is C18H23F2N3O2. The third-order valence-corrected chi connectivity index (χ3v) is 4.74. The number of hydrogen-bond acceptors (Lipinski definition) is 3. The van der Waals surface area contributed by atoms with Gasteiger partial charge in [0.25, 0.3) is 11.8 Å². The van der Waals surface area contributed by atoms with Crippen LogP contribution in [0.1, 0.15) is 41.6 Å². The zero-order valence-corrected chi connectivity index (χ0v) is 14.1. The highest BCUT2D eigenvalue weighted by Crippen LogP contribution is 2.25. The van der Waals surface area contributed by atoms with Crippen molar-refractivity contribution in [2.24, 2.45) is 0 Å². The maximum absolute atomic E-state index is 13.1. The molecule has 2 aliphatic heterocycles. The van der Waals surface area contributed by atoms with Gasteiger partial charge >= 0.3 is 0 Å². The Morgan fingerprint density at radius 2 is 1.84 bits per heavy atom. The summed E-state index contributed by atoms with van der Waals surface area (Å²) in [4.78, 5) is 26.2. The number of amides is 2. The Bertz CT molecular complexity index is 628. The molecule has 2 aliphatic rings. The van der Waals surface area contributed by atoms with E-state index in [4.69, 9.17) is 0 Å². The highest BCUT2D eigenvalue weighted by atomic mass is 19.3. The van der Waals surface area contributed by atoms with Crippen LogP contribution in [0.15, 0.2) is 24.3 Å². The van der Waals surface area contributed by atoms with Crippen molar-refractivity contribution in [3.63, 3.8) is 0 Å². The monoisotopic (exact) mass is 351 g/mol. The van der Waals surface area contributed by atoms with Crippen molar-refractivity contribution in [3.8, 4) is 0 Å². The second-order valence-corrected chi connectivity index (χ2v) is 6.76. The highest BCUT2D eigenvalue weighted by molar-refractivity contribution is 5.94. The smallest absolute Gasteiger partial charge is 0.262 e. The molecule has 7 heteroatoms. The fraction of sp³-hybridized carbons (Fsp3) is 0.556. The van der Waals surface area contributed by atoms with E-state index in [0.29, 0.717) is 5.56 Å². The Morgan fingerprint density at radius 1 is 1.16 bits per heavy atom. The van der Waals surface area contributed by atoms with Gasteiger partial charge in [0.2, 0.25) is 5.91 Å². The number of nitrogens with zero attached hydrogens (tertiary/aromatic N) is 1. The summed E-state index contributed by atoms with van der Waals surface area (Å²) in [7, 11) is 0. The van der Waals surface area contributed by atoms with Gasteiger partial charge in [-0.25, -0.2) is 8.78 Å². The van der Waals surface area contributed by atoms with Crippen molar-refractivity contribution >= 4 is 11.8 Å². The summed E-state index contributed by atoms with van der Waals surface area (Å²) >= 11 is 0. The lowest BCUT2D eigenvalue weighted by Gasteiger charge is -2.26. The molecule has 1 aromatic rings. The fourth-order valence-electron chi connectivity index (χ4n) is 3.26. The first-order valence-electron chi connectivity index (χ1n) is 8.72. The molecule has 1 unspecified atom stereocenters. The van der Waals surface area contributed by atoms with Gasteiger partial charge in [0.1, 0.15) is 0 Å². The molecule has 3 rings (SSSR count). The summed E-state index contributed by atoms with van der Waals surface area (Å²) in [5, 5.41) is 5.19. The van der Waals surface area contributed by atoms with Gasteiger partial charge in [-0.05, 0) is 37.0 Å². The third kappa shape index (κ3) is 4.54. The molecule has 0 radical (unpaired) electrons. The predicted octanol–water partition coefficient (Wildman–Crippen LogP) is 1.93. The van der Waals surface area contributed by atoms with E-state index in [1.54, 1.807) is 24.3 Å². The molecule has 0 saturated carbocycles. The second kappa shape index (κ2) is 7.47. The molecule has 2 fully saturated rings. The molecule has 136 valence electrons. The van der Waals surface area contributed by atoms with Crippen LogP contribution in [0, 0.1) is 0 Å². The van der Waals surface area contributed by atoms with E-state index < -0.39 is 30.8 Å². The van der Waals surface area contributed by atoms with Crippen LogP contribution in [0.4, 0.5) is 8.78 Å². The zero-order chi connectivity index (χ0) is 17.9. The lowest BCUT2D eigenvalue weighted by molar-refractivity contribution is -0.123. The van der Waals surface area contributed by atoms with Crippen molar-refractivity contribution in [1.82, 2.24) is 15.5 Å². The van der Waals surface area contributed by atoms with Gasteiger partial charge in [-0.2, -0.15) is 0 Å². The average molecular weight is 351 g/mol. The number of likely N-dealkylation sites (tertiary alicyclic amines) is 1. The van der Waals surface area contributed by atoms with Crippen LogP contribution in [-0.2, 0) is 11.3 Å². The lowest BCUT2D eigenvalue weighted by atomic mass is 10.1. The predicted molar refractivity (Wildman–Crippen MR) is 89.4 cm³/mol. The van der Waals surface area contributed by atoms with Crippen LogP contribution in [0.5, 0.6) is 0 Å². The maximum Gasteiger partial charge on any atom is 0.262 e. The molecule has 25 heavy (non-hydrogen) atoms. The number of benzene rings is 1. The standard InChI is InChI=1S/C18H23F2N3O2/c19-18(20)10-15(22-12-18)16(24)21-11-13-4-6-14(7-5-13)17(25)23-8-2-1-3-9-23/h4-7,15,22H,1-3,8-12H2,(H,21,24). The van der Waals surface area contributed by atoms with Gasteiger partial charge in [-0.3, -0.25) is 14.9 Å². The number of carbonyl (C=O) groups excluding carboxylic acids is 2. The van der Waals surface area contributed by atoms with E-state index >= 15 is 0 Å². The third-order valence-electron chi connectivity index (χ3n) is 4.74. The van der Waals surface area contributed by atoms with Gasteiger partial charge in [-0.1, -0.05) is 12.1 Å². The first-order valence-corrected chi connectivity index (χ1v) is 8.72. The van der Waals surface area contributed by atoms with Crippen LogP contribution in [0.2, 0.25) is 0 Å². The Kier molecular flexibility index (Phi) is 5.32. The van der Waals surface area contributed by atoms with E-state index in [0.717, 1.165) is 31.5 Å². The first-order chi connectivity index (χ1) is 11.9. The highest BCUT2D eigenvalue weighted by Gasteiger charge is 2.42. The van der Waals surface area contributed by atoms with Gasteiger partial charge in [-0.15, -0.1) is 0 Å². The molecule has 1 aromatic carbocycles. The van der Waals surface area contributed by atoms with Crippen molar-refractivity contribution in [2.45, 2.75) is 44.2 Å². The van der Waals surface area contributed by atoms with Gasteiger partial charge in [0.05, 0.1) is 12.6 Å². The number of halogens is 2. The Labute approximate surface area is 145 Å². The lowest BCUT2D eigenvalue weighted by Crippen LogP contribution is -2.40. The topological polar surface area (TPSA) is 61.4 Å². The zero-order valence-electron chi connectivity index (χ0n) is 14.1. The summed E-state index contributed by atoms with van der Waals surface area (Å²) in [5.41, 5.74) is 1.46. The number of alkyl halides is 2. The van der Waals surface area contributed by atoms with E-state index in [9.17, 15) is 18.4 Å². The van der Waals surface area contributed by atoms with E-state index in [2.05, 4.69) is 10.6 Å². The Morgan fingerprint density at radius 3 is 2.44 bits per heavy atom. The maximum atomic E-state index is 13.1. The van der Waals surface area contributed by atoms with Crippen LogP contribution in [-0.4, -0.2) is 48.3 Å². The molecule has 5 nitrogen and oxygen atoms in total. The normalized spacial score (nSPS) is 22.6. The molecule has 2 N–H and O–H groups in total. The van der Waals surface area contributed by atoms with Crippen molar-refractivity contribution < 1.29 is 18.4 Å². The minimum Gasteiger partial charge on any atom is -0.351 e. The summed E-state index contributed by atoms with van der Waals surface area (Å²) in [6.45, 7) is 1.39. The number of nitrogens with one attached hydrogen (secondary N) is 2. The number of rotatable bonds is 4. The number of carbonyl (C=O) groups is 2. The fourth-order valence-corrected chi connectivity index (χ4v) is 3.26. The number of piperidine rings is 1. The van der Waals surface area contributed by atoms with Crippen molar-refractivity contribution in [1.29, 1.82) is 0 Å². The molecule has 2 heterocycles.